The number of benzene rings is 1. The van der Waals surface area contributed by atoms with Crippen molar-refractivity contribution in [2.24, 2.45) is 0 Å². The highest BCUT2D eigenvalue weighted by atomic mass is 35.5. The molecule has 0 aliphatic carbocycles. The second kappa shape index (κ2) is 5.18. The van der Waals surface area contributed by atoms with Crippen LogP contribution in [0.25, 0.3) is 11.3 Å². The molecule has 0 saturated heterocycles. The Morgan fingerprint density at radius 2 is 2.33 bits per heavy atom. The summed E-state index contributed by atoms with van der Waals surface area (Å²) >= 11 is 5.58. The van der Waals surface area contributed by atoms with Gasteiger partial charge in [-0.3, -0.25) is 0 Å². The topological polar surface area (TPSA) is 52.3 Å². The van der Waals surface area contributed by atoms with Gasteiger partial charge in [-0.2, -0.15) is 0 Å². The first-order chi connectivity index (χ1) is 8.63. The Labute approximate surface area is 107 Å². The number of carbonyl (C=O) groups excluding carboxylic acids is 1. The molecule has 2 rings (SSSR count). The number of hydrogen-bond acceptors (Lipinski definition) is 4. The molecule has 0 atom stereocenters. The van der Waals surface area contributed by atoms with Gasteiger partial charge in [0, 0.05) is 5.56 Å². The van der Waals surface area contributed by atoms with Crippen molar-refractivity contribution in [2.75, 3.05) is 6.61 Å². The van der Waals surface area contributed by atoms with Gasteiger partial charge in [0.1, 0.15) is 23.3 Å². The van der Waals surface area contributed by atoms with Crippen LogP contribution in [0.5, 0.6) is 0 Å². The lowest BCUT2D eigenvalue weighted by Crippen LogP contribution is -2.04. The second-order valence-electron chi connectivity index (χ2n) is 3.43. The van der Waals surface area contributed by atoms with Gasteiger partial charge in [-0.25, -0.2) is 9.18 Å². The number of aromatic nitrogens is 1. The van der Waals surface area contributed by atoms with E-state index in [4.69, 9.17) is 20.9 Å². The first-order valence-electron chi connectivity index (χ1n) is 5.20. The summed E-state index contributed by atoms with van der Waals surface area (Å²) in [6.45, 7) is 1.92. The summed E-state index contributed by atoms with van der Waals surface area (Å²) in [5.41, 5.74) is 0.774. The van der Waals surface area contributed by atoms with Crippen LogP contribution >= 0.6 is 11.6 Å². The van der Waals surface area contributed by atoms with E-state index < -0.39 is 11.8 Å². The predicted molar refractivity (Wildman–Crippen MR) is 62.9 cm³/mol. The van der Waals surface area contributed by atoms with Crippen molar-refractivity contribution in [3.8, 4) is 11.3 Å². The van der Waals surface area contributed by atoms with Crippen molar-refractivity contribution in [1.82, 2.24) is 5.16 Å². The summed E-state index contributed by atoms with van der Waals surface area (Å²) in [4.78, 5) is 11.6. The molecule has 0 fully saturated rings. The van der Waals surface area contributed by atoms with Crippen molar-refractivity contribution in [2.45, 2.75) is 6.92 Å². The van der Waals surface area contributed by atoms with Crippen LogP contribution in [-0.2, 0) is 4.74 Å². The minimum absolute atomic E-state index is 0.0000652. The zero-order valence-electron chi connectivity index (χ0n) is 9.44. The van der Waals surface area contributed by atoms with Gasteiger partial charge in [-0.05, 0) is 19.1 Å². The maximum absolute atomic E-state index is 13.3. The highest BCUT2D eigenvalue weighted by Crippen LogP contribution is 2.26. The van der Waals surface area contributed by atoms with Crippen molar-refractivity contribution in [3.63, 3.8) is 0 Å². The van der Waals surface area contributed by atoms with Crippen LogP contribution in [0.15, 0.2) is 29.0 Å². The van der Waals surface area contributed by atoms with E-state index in [0.29, 0.717) is 5.56 Å². The summed E-state index contributed by atoms with van der Waals surface area (Å²) in [6, 6.07) is 4.12. The SMILES string of the molecule is CCOC(=O)c1conc1-c1ccc(Cl)c(F)c1. The second-order valence-corrected chi connectivity index (χ2v) is 3.83. The fourth-order valence-corrected chi connectivity index (χ4v) is 1.56. The monoisotopic (exact) mass is 269 g/mol. The van der Waals surface area contributed by atoms with E-state index in [2.05, 4.69) is 5.16 Å². The van der Waals surface area contributed by atoms with Gasteiger partial charge in [0.05, 0.1) is 11.6 Å². The maximum Gasteiger partial charge on any atom is 0.343 e. The quantitative estimate of drug-likeness (QED) is 0.802. The minimum Gasteiger partial charge on any atom is -0.462 e. The lowest BCUT2D eigenvalue weighted by atomic mass is 10.1. The first kappa shape index (κ1) is 12.6. The normalized spacial score (nSPS) is 10.4. The fraction of sp³-hybridized carbons (Fsp3) is 0.167. The molecule has 1 aromatic heterocycles. The van der Waals surface area contributed by atoms with Crippen LogP contribution in [-0.4, -0.2) is 17.7 Å². The molecule has 1 aromatic carbocycles. The van der Waals surface area contributed by atoms with Crippen LogP contribution in [0.4, 0.5) is 4.39 Å². The van der Waals surface area contributed by atoms with E-state index >= 15 is 0 Å². The molecule has 0 aliphatic heterocycles. The standard InChI is InChI=1S/C12H9ClFNO3/c1-2-17-12(16)8-6-18-15-11(8)7-3-4-9(13)10(14)5-7/h3-6H,2H2,1H3. The Kier molecular flexibility index (Phi) is 3.62. The molecule has 0 aliphatic rings. The molecule has 0 radical (unpaired) electrons. The molecule has 4 nitrogen and oxygen atoms in total. The van der Waals surface area contributed by atoms with Gasteiger partial charge in [0.2, 0.25) is 0 Å². The lowest BCUT2D eigenvalue weighted by Gasteiger charge is -2.02. The van der Waals surface area contributed by atoms with Gasteiger partial charge in [0.15, 0.2) is 0 Å². The van der Waals surface area contributed by atoms with Gasteiger partial charge in [-0.15, -0.1) is 0 Å². The predicted octanol–water partition coefficient (Wildman–Crippen LogP) is 3.31. The number of rotatable bonds is 3. The Balaban J connectivity index is 2.42. The average molecular weight is 270 g/mol. The van der Waals surface area contributed by atoms with E-state index in [-0.39, 0.29) is 22.9 Å². The average Bonchev–Trinajstić information content (AvgIpc) is 2.82. The number of ether oxygens (including phenoxy) is 1. The molecule has 0 amide bonds. The third kappa shape index (κ3) is 2.36. The third-order valence-corrected chi connectivity index (χ3v) is 2.56. The zero-order valence-corrected chi connectivity index (χ0v) is 10.2. The van der Waals surface area contributed by atoms with Gasteiger partial charge >= 0.3 is 5.97 Å². The van der Waals surface area contributed by atoms with E-state index in [1.54, 1.807) is 13.0 Å². The van der Waals surface area contributed by atoms with Crippen molar-refractivity contribution < 1.29 is 18.4 Å². The largest absolute Gasteiger partial charge is 0.462 e. The van der Waals surface area contributed by atoms with E-state index in [1.807, 2.05) is 0 Å². The Morgan fingerprint density at radius 3 is 3.00 bits per heavy atom. The molecule has 0 unspecified atom stereocenters. The zero-order chi connectivity index (χ0) is 13.1. The summed E-state index contributed by atoms with van der Waals surface area (Å²) < 4.78 is 22.9. The van der Waals surface area contributed by atoms with Crippen molar-refractivity contribution in [3.05, 3.63) is 40.9 Å². The van der Waals surface area contributed by atoms with E-state index in [9.17, 15) is 9.18 Å². The lowest BCUT2D eigenvalue weighted by molar-refractivity contribution is 0.0526. The van der Waals surface area contributed by atoms with Gasteiger partial charge in [0.25, 0.3) is 0 Å². The molecule has 2 aromatic rings. The van der Waals surface area contributed by atoms with Gasteiger partial charge < -0.3 is 9.26 Å². The molecular weight excluding hydrogens is 261 g/mol. The Morgan fingerprint density at radius 1 is 1.56 bits per heavy atom. The highest BCUT2D eigenvalue weighted by molar-refractivity contribution is 6.30. The van der Waals surface area contributed by atoms with E-state index in [1.165, 1.54) is 18.4 Å². The molecule has 1 heterocycles. The first-order valence-corrected chi connectivity index (χ1v) is 5.58. The molecule has 0 N–H and O–H groups in total. The molecule has 6 heteroatoms. The number of esters is 1. The Bertz CT molecular complexity index is 582. The summed E-state index contributed by atoms with van der Waals surface area (Å²) in [6.07, 6.45) is 1.17. The maximum atomic E-state index is 13.3. The highest BCUT2D eigenvalue weighted by Gasteiger charge is 2.19. The van der Waals surface area contributed by atoms with Crippen molar-refractivity contribution in [1.29, 1.82) is 0 Å². The molecular formula is C12H9ClFNO3. The van der Waals surface area contributed by atoms with Gasteiger partial charge in [-0.1, -0.05) is 22.8 Å². The van der Waals surface area contributed by atoms with Crippen molar-refractivity contribution >= 4 is 17.6 Å². The van der Waals surface area contributed by atoms with Crippen LogP contribution in [0, 0.1) is 5.82 Å². The number of carbonyl (C=O) groups is 1. The molecule has 0 saturated carbocycles. The van der Waals surface area contributed by atoms with Crippen LogP contribution < -0.4 is 0 Å². The summed E-state index contributed by atoms with van der Waals surface area (Å²) in [5.74, 6) is -1.16. The number of nitrogens with zero attached hydrogens (tertiary/aromatic N) is 1. The Hall–Kier alpha value is -1.88. The smallest absolute Gasteiger partial charge is 0.343 e. The minimum atomic E-state index is -0.591. The molecule has 18 heavy (non-hydrogen) atoms. The summed E-state index contributed by atoms with van der Waals surface area (Å²) in [7, 11) is 0. The van der Waals surface area contributed by atoms with Crippen LogP contribution in [0.1, 0.15) is 17.3 Å². The van der Waals surface area contributed by atoms with E-state index in [0.717, 1.165) is 0 Å². The van der Waals surface area contributed by atoms with Crippen LogP contribution in [0.2, 0.25) is 5.02 Å². The fourth-order valence-electron chi connectivity index (χ4n) is 1.44. The molecule has 94 valence electrons. The summed E-state index contributed by atoms with van der Waals surface area (Å²) in [5, 5.41) is 3.67. The van der Waals surface area contributed by atoms with Crippen LogP contribution in [0.3, 0.4) is 0 Å². The molecule has 0 bridgehead atoms. The third-order valence-electron chi connectivity index (χ3n) is 2.26. The number of halogens is 2. The molecule has 0 spiro atoms. The number of hydrogen-bond donors (Lipinski definition) is 0.